The summed E-state index contributed by atoms with van der Waals surface area (Å²) in [6.45, 7) is 3.68. The Bertz CT molecular complexity index is 1310. The number of unbranched alkanes of at least 4 members (excludes halogenated alkanes) is 22. The van der Waals surface area contributed by atoms with Gasteiger partial charge in [0.15, 0.2) is 18.5 Å². The molecule has 1 aliphatic heterocycles. The van der Waals surface area contributed by atoms with Crippen LogP contribution in [0.15, 0.2) is 60.8 Å². The van der Waals surface area contributed by atoms with E-state index < -0.39 is 61.3 Å². The number of carboxylic acid groups (broad SMARTS) is 1. The minimum absolute atomic E-state index is 0.157. The average molecular weight is 917 g/mol. The highest BCUT2D eigenvalue weighted by atomic mass is 16.7. The number of hydrogen-bond donors (Lipinski definition) is 4. The number of aliphatic carboxylic acids is 1. The topological polar surface area (TPSA) is 169 Å². The van der Waals surface area contributed by atoms with Gasteiger partial charge in [0.05, 0.1) is 6.61 Å². The van der Waals surface area contributed by atoms with Crippen molar-refractivity contribution in [3.8, 4) is 0 Å². The molecule has 11 heteroatoms. The van der Waals surface area contributed by atoms with E-state index in [1.165, 1.54) is 116 Å². The van der Waals surface area contributed by atoms with Crippen molar-refractivity contribution in [3.05, 3.63) is 60.8 Å². The van der Waals surface area contributed by atoms with Crippen LogP contribution in [0.25, 0.3) is 0 Å². The summed E-state index contributed by atoms with van der Waals surface area (Å²) in [7, 11) is 0. The molecule has 0 amide bonds. The molecule has 1 rings (SSSR count). The van der Waals surface area contributed by atoms with Crippen molar-refractivity contribution in [1.29, 1.82) is 0 Å². The van der Waals surface area contributed by atoms with Crippen molar-refractivity contribution >= 4 is 17.9 Å². The molecule has 1 fully saturated rings. The van der Waals surface area contributed by atoms with E-state index in [2.05, 4.69) is 68.5 Å². The maximum absolute atomic E-state index is 12.8. The lowest BCUT2D eigenvalue weighted by Crippen LogP contribution is -2.60. The molecular formula is C54H92O11. The number of carboxylic acids is 1. The molecule has 374 valence electrons. The zero-order chi connectivity index (χ0) is 47.4. The molecule has 4 N–H and O–H groups in total. The van der Waals surface area contributed by atoms with Gasteiger partial charge in [0, 0.05) is 12.8 Å². The number of rotatable bonds is 43. The Balaban J connectivity index is 2.32. The highest BCUT2D eigenvalue weighted by molar-refractivity contribution is 5.73. The number of allylic oxidation sites excluding steroid dienone is 10. The molecule has 0 aromatic heterocycles. The lowest BCUT2D eigenvalue weighted by atomic mass is 9.99. The van der Waals surface area contributed by atoms with E-state index in [0.29, 0.717) is 19.3 Å². The van der Waals surface area contributed by atoms with Gasteiger partial charge in [0.2, 0.25) is 0 Å². The number of ether oxygens (including phenoxy) is 4. The molecule has 6 atom stereocenters. The molecule has 1 heterocycles. The van der Waals surface area contributed by atoms with Crippen LogP contribution in [0.1, 0.15) is 213 Å². The molecular weight excluding hydrogens is 825 g/mol. The summed E-state index contributed by atoms with van der Waals surface area (Å²) in [5.74, 6) is -2.51. The summed E-state index contributed by atoms with van der Waals surface area (Å²) in [5.41, 5.74) is 0. The minimum Gasteiger partial charge on any atom is -0.479 e. The van der Waals surface area contributed by atoms with Crippen molar-refractivity contribution < 1.29 is 53.8 Å². The Morgan fingerprint density at radius 1 is 0.492 bits per heavy atom. The third kappa shape index (κ3) is 34.8. The Hall–Kier alpha value is -3.09. The van der Waals surface area contributed by atoms with Gasteiger partial charge < -0.3 is 39.4 Å². The SMILES string of the molecule is CC/C=C\C/C=C\C/C=C\C/C=C\C/C=C\CCCC(=O)OCC(COC1OC(C(=O)O)C(O)C(O)C1O)OC(=O)CCCCCCCCCCCCCCCCCCCCCCCC. The fourth-order valence-electron chi connectivity index (χ4n) is 7.62. The molecule has 6 unspecified atom stereocenters. The van der Waals surface area contributed by atoms with Crippen LogP contribution in [0.2, 0.25) is 0 Å². The third-order valence-corrected chi connectivity index (χ3v) is 11.6. The standard InChI is InChI=1S/C54H92O11/c1-3-5-7-9-11-13-15-17-19-21-22-23-24-25-27-29-31-33-35-37-39-41-43-48(56)64-46(45-63-54-51(59)49(57)50(58)52(65-54)53(60)61)44-62-47(55)42-40-38-36-34-32-30-28-26-20-18-16-14-12-10-8-6-4-2/h6,8,12,14,18,20,28,30,34,36,46,49-52,54,57-59H,3-5,7,9-11,13,15-17,19,21-27,29,31-33,35,37-45H2,1-2H3,(H,60,61)/b8-6-,14-12-,20-18-,30-28-,36-34-. The predicted octanol–water partition coefficient (Wildman–Crippen LogP) is 12.3. The summed E-state index contributed by atoms with van der Waals surface area (Å²) in [6.07, 6.45) is 45.7. The van der Waals surface area contributed by atoms with Gasteiger partial charge in [0.25, 0.3) is 0 Å². The fourth-order valence-corrected chi connectivity index (χ4v) is 7.62. The van der Waals surface area contributed by atoms with Crippen molar-refractivity contribution in [3.63, 3.8) is 0 Å². The van der Waals surface area contributed by atoms with Crippen molar-refractivity contribution in [2.75, 3.05) is 13.2 Å². The average Bonchev–Trinajstić information content (AvgIpc) is 3.29. The van der Waals surface area contributed by atoms with Crippen LogP contribution in [-0.2, 0) is 33.3 Å². The molecule has 0 aliphatic carbocycles. The molecule has 0 bridgehead atoms. The van der Waals surface area contributed by atoms with E-state index in [1.807, 2.05) is 6.08 Å². The molecule has 0 saturated carbocycles. The number of hydrogen-bond acceptors (Lipinski definition) is 10. The highest BCUT2D eigenvalue weighted by Crippen LogP contribution is 2.23. The monoisotopic (exact) mass is 917 g/mol. The zero-order valence-corrected chi connectivity index (χ0v) is 40.7. The van der Waals surface area contributed by atoms with Gasteiger partial charge >= 0.3 is 17.9 Å². The summed E-state index contributed by atoms with van der Waals surface area (Å²) in [4.78, 5) is 37.0. The molecule has 1 saturated heterocycles. The minimum atomic E-state index is -1.87. The largest absolute Gasteiger partial charge is 0.479 e. The highest BCUT2D eigenvalue weighted by Gasteiger charge is 2.47. The van der Waals surface area contributed by atoms with E-state index in [9.17, 15) is 34.8 Å². The van der Waals surface area contributed by atoms with Crippen LogP contribution in [0.4, 0.5) is 0 Å². The van der Waals surface area contributed by atoms with E-state index >= 15 is 0 Å². The van der Waals surface area contributed by atoms with Crippen LogP contribution in [-0.4, -0.2) is 88.4 Å². The first kappa shape index (κ1) is 59.9. The number of carbonyl (C=O) groups is 3. The summed E-state index contributed by atoms with van der Waals surface area (Å²) in [6, 6.07) is 0. The quantitative estimate of drug-likeness (QED) is 0.0261. The van der Waals surface area contributed by atoms with Crippen molar-refractivity contribution in [2.24, 2.45) is 0 Å². The smallest absolute Gasteiger partial charge is 0.335 e. The Morgan fingerprint density at radius 2 is 0.908 bits per heavy atom. The zero-order valence-electron chi connectivity index (χ0n) is 40.7. The number of carbonyl (C=O) groups excluding carboxylic acids is 2. The van der Waals surface area contributed by atoms with Gasteiger partial charge in [-0.25, -0.2) is 4.79 Å². The lowest BCUT2D eigenvalue weighted by Gasteiger charge is -2.38. The second-order valence-electron chi connectivity index (χ2n) is 17.6. The molecule has 0 spiro atoms. The Labute approximate surface area is 394 Å². The van der Waals surface area contributed by atoms with Crippen LogP contribution in [0, 0.1) is 0 Å². The van der Waals surface area contributed by atoms with Gasteiger partial charge in [-0.15, -0.1) is 0 Å². The van der Waals surface area contributed by atoms with Crippen LogP contribution in [0.3, 0.4) is 0 Å². The van der Waals surface area contributed by atoms with E-state index in [-0.39, 0.29) is 19.4 Å². The second-order valence-corrected chi connectivity index (χ2v) is 17.6. The van der Waals surface area contributed by atoms with Crippen LogP contribution in [0.5, 0.6) is 0 Å². The molecule has 0 aromatic rings. The maximum atomic E-state index is 12.8. The molecule has 0 aromatic carbocycles. The number of esters is 2. The van der Waals surface area contributed by atoms with Gasteiger partial charge in [0.1, 0.15) is 24.9 Å². The fraction of sp³-hybridized carbons (Fsp3) is 0.759. The molecule has 11 nitrogen and oxygen atoms in total. The normalized spacial score (nSPS) is 19.7. The second kappa shape index (κ2) is 43.5. The van der Waals surface area contributed by atoms with Gasteiger partial charge in [-0.2, -0.15) is 0 Å². The summed E-state index contributed by atoms with van der Waals surface area (Å²) < 4.78 is 21.8. The number of aliphatic hydroxyl groups excluding tert-OH is 3. The van der Waals surface area contributed by atoms with E-state index in [1.54, 1.807) is 0 Å². The maximum Gasteiger partial charge on any atom is 0.335 e. The Morgan fingerprint density at radius 3 is 1.35 bits per heavy atom. The first-order valence-electron chi connectivity index (χ1n) is 25.8. The first-order chi connectivity index (χ1) is 31.7. The predicted molar refractivity (Wildman–Crippen MR) is 261 cm³/mol. The Kier molecular flexibility index (Phi) is 40.1. The van der Waals surface area contributed by atoms with E-state index in [0.717, 1.165) is 51.4 Å². The number of aliphatic hydroxyl groups is 3. The molecule has 0 radical (unpaired) electrons. The van der Waals surface area contributed by atoms with Gasteiger partial charge in [-0.1, -0.05) is 209 Å². The van der Waals surface area contributed by atoms with Crippen LogP contribution >= 0.6 is 0 Å². The summed E-state index contributed by atoms with van der Waals surface area (Å²) in [5, 5.41) is 39.9. The van der Waals surface area contributed by atoms with Crippen molar-refractivity contribution in [2.45, 2.75) is 250 Å². The molecule has 1 aliphatic rings. The van der Waals surface area contributed by atoms with Gasteiger partial charge in [-0.05, 0) is 51.4 Å². The lowest BCUT2D eigenvalue weighted by molar-refractivity contribution is -0.298. The molecule has 65 heavy (non-hydrogen) atoms. The summed E-state index contributed by atoms with van der Waals surface area (Å²) >= 11 is 0. The van der Waals surface area contributed by atoms with Crippen LogP contribution < -0.4 is 0 Å². The van der Waals surface area contributed by atoms with Crippen molar-refractivity contribution in [1.82, 2.24) is 0 Å². The van der Waals surface area contributed by atoms with E-state index in [4.69, 9.17) is 18.9 Å². The first-order valence-corrected chi connectivity index (χ1v) is 25.8. The third-order valence-electron chi connectivity index (χ3n) is 11.6. The van der Waals surface area contributed by atoms with Gasteiger partial charge in [-0.3, -0.25) is 9.59 Å².